The number of hydrogen-bond donors (Lipinski definition) is 2. The molecule has 0 aliphatic carbocycles. The molecule has 4 rings (SSSR count). The molecule has 7 nitrogen and oxygen atoms in total. The Balaban J connectivity index is 1.76. The van der Waals surface area contributed by atoms with Gasteiger partial charge in [-0.25, -0.2) is 4.39 Å². The molecule has 164 valence electrons. The Hall–Kier alpha value is -3.65. The number of carbonyl (C=O) groups is 1. The van der Waals surface area contributed by atoms with E-state index in [0.29, 0.717) is 52.4 Å². The third kappa shape index (κ3) is 3.97. The van der Waals surface area contributed by atoms with Gasteiger partial charge in [0.05, 0.1) is 10.4 Å². The van der Waals surface area contributed by atoms with Crippen LogP contribution in [0.3, 0.4) is 0 Å². The second-order valence-corrected chi connectivity index (χ2v) is 7.45. The number of furan rings is 1. The van der Waals surface area contributed by atoms with E-state index in [4.69, 9.17) is 21.8 Å². The Labute approximate surface area is 189 Å². The number of nitrogen functional groups attached to an aromatic ring is 1. The van der Waals surface area contributed by atoms with Crippen LogP contribution in [0.15, 0.2) is 53.2 Å². The zero-order valence-corrected chi connectivity index (χ0v) is 18.3. The summed E-state index contributed by atoms with van der Waals surface area (Å²) in [4.78, 5) is 23.1. The highest BCUT2D eigenvalue weighted by atomic mass is 35.5. The van der Waals surface area contributed by atoms with Crippen molar-refractivity contribution in [1.82, 2.24) is 14.9 Å². The summed E-state index contributed by atoms with van der Waals surface area (Å²) in [5.74, 6) is -0.525. The molecule has 3 aromatic heterocycles. The van der Waals surface area contributed by atoms with Crippen molar-refractivity contribution in [1.29, 1.82) is 0 Å². The van der Waals surface area contributed by atoms with Crippen LogP contribution < -0.4 is 11.1 Å². The number of nitrogens with two attached hydrogens (primary N) is 1. The summed E-state index contributed by atoms with van der Waals surface area (Å²) in [6, 6.07) is 9.48. The maximum Gasteiger partial charge on any atom is 0.272 e. The van der Waals surface area contributed by atoms with E-state index < -0.39 is 5.82 Å². The van der Waals surface area contributed by atoms with Crippen LogP contribution in [0.25, 0.3) is 22.2 Å². The van der Waals surface area contributed by atoms with Crippen LogP contribution in [0.1, 0.15) is 24.3 Å². The number of hydrogen-bond acceptors (Lipinski definition) is 6. The standard InChI is InChI=1S/C23H21ClFN5O2/c1-3-30(4-2)23(31)18-11-13(7-9-27-18)19-21-15(8-10-28-19)20(22(26)32-21)29-14-5-6-17(25)16(24)12-14/h5-12,29H,3-4,26H2,1-2H3. The van der Waals surface area contributed by atoms with Crippen LogP contribution in [0.4, 0.5) is 21.6 Å². The van der Waals surface area contributed by atoms with E-state index >= 15 is 0 Å². The van der Waals surface area contributed by atoms with Crippen molar-refractivity contribution in [3.8, 4) is 11.3 Å². The van der Waals surface area contributed by atoms with Crippen molar-refractivity contribution >= 4 is 45.7 Å². The van der Waals surface area contributed by atoms with E-state index in [-0.39, 0.29) is 16.8 Å². The van der Waals surface area contributed by atoms with Gasteiger partial charge in [-0.2, -0.15) is 0 Å². The van der Waals surface area contributed by atoms with Crippen LogP contribution in [0, 0.1) is 5.82 Å². The Morgan fingerprint density at radius 2 is 1.91 bits per heavy atom. The van der Waals surface area contributed by atoms with E-state index in [2.05, 4.69) is 15.3 Å². The summed E-state index contributed by atoms with van der Waals surface area (Å²) in [7, 11) is 0. The lowest BCUT2D eigenvalue weighted by Gasteiger charge is -2.18. The first-order valence-corrected chi connectivity index (χ1v) is 10.5. The Bertz CT molecular complexity index is 1300. The molecular weight excluding hydrogens is 433 g/mol. The zero-order valence-electron chi connectivity index (χ0n) is 17.5. The Morgan fingerprint density at radius 3 is 2.62 bits per heavy atom. The predicted octanol–water partition coefficient (Wildman–Crippen LogP) is 5.49. The highest BCUT2D eigenvalue weighted by Gasteiger charge is 2.20. The third-order valence-electron chi connectivity index (χ3n) is 5.12. The topological polar surface area (TPSA) is 97.3 Å². The summed E-state index contributed by atoms with van der Waals surface area (Å²) < 4.78 is 19.3. The molecular formula is C23H21ClFN5O2. The van der Waals surface area contributed by atoms with Gasteiger partial charge in [-0.05, 0) is 50.2 Å². The maximum absolute atomic E-state index is 13.5. The first kappa shape index (κ1) is 21.6. The Morgan fingerprint density at radius 1 is 1.16 bits per heavy atom. The number of aromatic nitrogens is 2. The minimum Gasteiger partial charge on any atom is -0.436 e. The highest BCUT2D eigenvalue weighted by Crippen LogP contribution is 2.39. The predicted molar refractivity (Wildman–Crippen MR) is 124 cm³/mol. The van der Waals surface area contributed by atoms with E-state index in [9.17, 15) is 9.18 Å². The largest absolute Gasteiger partial charge is 0.436 e. The number of pyridine rings is 2. The summed E-state index contributed by atoms with van der Waals surface area (Å²) in [6.45, 7) is 5.02. The van der Waals surface area contributed by atoms with Crippen LogP contribution in [0.5, 0.6) is 0 Å². The van der Waals surface area contributed by atoms with Crippen molar-refractivity contribution in [2.24, 2.45) is 0 Å². The van der Waals surface area contributed by atoms with E-state index in [1.807, 2.05) is 13.8 Å². The highest BCUT2D eigenvalue weighted by molar-refractivity contribution is 6.31. The van der Waals surface area contributed by atoms with Crippen molar-refractivity contribution in [2.75, 3.05) is 24.1 Å². The average Bonchev–Trinajstić information content (AvgIpc) is 3.12. The van der Waals surface area contributed by atoms with Crippen LogP contribution >= 0.6 is 11.6 Å². The number of nitrogens with zero attached hydrogens (tertiary/aromatic N) is 3. The van der Waals surface area contributed by atoms with E-state index in [0.717, 1.165) is 0 Å². The molecule has 0 radical (unpaired) electrons. The molecule has 1 aromatic carbocycles. The quantitative estimate of drug-likeness (QED) is 0.400. The van der Waals surface area contributed by atoms with Crippen molar-refractivity contribution in [2.45, 2.75) is 13.8 Å². The second kappa shape index (κ2) is 8.84. The van der Waals surface area contributed by atoms with E-state index in [1.165, 1.54) is 12.1 Å². The number of carbonyl (C=O) groups excluding carboxylic acids is 1. The minimum atomic E-state index is -0.513. The SMILES string of the molecule is CCN(CC)C(=O)c1cc(-c2nccc3c(Nc4ccc(F)c(Cl)c4)c(N)oc23)ccn1. The third-order valence-corrected chi connectivity index (χ3v) is 5.41. The number of amides is 1. The molecule has 9 heteroatoms. The zero-order chi connectivity index (χ0) is 22.8. The fourth-order valence-electron chi connectivity index (χ4n) is 3.46. The monoisotopic (exact) mass is 453 g/mol. The van der Waals surface area contributed by atoms with Gasteiger partial charge in [0.2, 0.25) is 5.88 Å². The van der Waals surface area contributed by atoms with Gasteiger partial charge in [0.25, 0.3) is 5.91 Å². The molecule has 0 unspecified atom stereocenters. The lowest BCUT2D eigenvalue weighted by atomic mass is 10.1. The molecule has 32 heavy (non-hydrogen) atoms. The minimum absolute atomic E-state index is 0.00841. The van der Waals surface area contributed by atoms with Gasteiger partial charge in [-0.1, -0.05) is 11.6 Å². The second-order valence-electron chi connectivity index (χ2n) is 7.04. The van der Waals surface area contributed by atoms with Gasteiger partial charge in [0, 0.05) is 36.7 Å². The van der Waals surface area contributed by atoms with Gasteiger partial charge in [0.15, 0.2) is 5.58 Å². The summed E-state index contributed by atoms with van der Waals surface area (Å²) in [6.07, 6.45) is 3.19. The molecule has 0 aliphatic heterocycles. The molecule has 1 amide bonds. The summed E-state index contributed by atoms with van der Waals surface area (Å²) in [5.41, 5.74) is 9.17. The molecule has 3 heterocycles. The fraction of sp³-hybridized carbons (Fsp3) is 0.174. The van der Waals surface area contributed by atoms with Gasteiger partial charge in [-0.3, -0.25) is 14.8 Å². The van der Waals surface area contributed by atoms with Crippen LogP contribution in [-0.4, -0.2) is 33.9 Å². The van der Waals surface area contributed by atoms with Gasteiger partial charge in [-0.15, -0.1) is 0 Å². The molecule has 0 bridgehead atoms. The van der Waals surface area contributed by atoms with Crippen molar-refractivity contribution in [3.05, 3.63) is 65.3 Å². The van der Waals surface area contributed by atoms with Crippen molar-refractivity contribution in [3.63, 3.8) is 0 Å². The number of benzene rings is 1. The maximum atomic E-state index is 13.5. The number of nitrogens with one attached hydrogen (secondary N) is 1. The lowest BCUT2D eigenvalue weighted by molar-refractivity contribution is 0.0767. The van der Waals surface area contributed by atoms with Gasteiger partial charge in [0.1, 0.15) is 22.9 Å². The fourth-order valence-corrected chi connectivity index (χ4v) is 3.64. The van der Waals surface area contributed by atoms with Crippen LogP contribution in [0.2, 0.25) is 5.02 Å². The molecule has 0 saturated carbocycles. The molecule has 0 atom stereocenters. The molecule has 0 spiro atoms. The smallest absolute Gasteiger partial charge is 0.272 e. The normalized spacial score (nSPS) is 11.0. The average molecular weight is 454 g/mol. The number of fused-ring (bicyclic) bond motifs is 1. The number of halogens is 2. The van der Waals surface area contributed by atoms with Crippen molar-refractivity contribution < 1.29 is 13.6 Å². The summed E-state index contributed by atoms with van der Waals surface area (Å²) in [5, 5.41) is 3.80. The molecule has 0 aliphatic rings. The number of anilines is 3. The first-order valence-electron chi connectivity index (χ1n) is 10.1. The summed E-state index contributed by atoms with van der Waals surface area (Å²) >= 11 is 5.88. The molecule has 0 fully saturated rings. The molecule has 0 saturated heterocycles. The van der Waals surface area contributed by atoms with E-state index in [1.54, 1.807) is 41.6 Å². The molecule has 3 N–H and O–H groups in total. The molecule has 4 aromatic rings. The van der Waals surface area contributed by atoms with Gasteiger partial charge >= 0.3 is 0 Å². The van der Waals surface area contributed by atoms with Gasteiger partial charge < -0.3 is 20.4 Å². The lowest BCUT2D eigenvalue weighted by Crippen LogP contribution is -2.31. The number of rotatable bonds is 6. The van der Waals surface area contributed by atoms with Crippen LogP contribution in [-0.2, 0) is 0 Å². The Kier molecular flexibility index (Phi) is 5.96. The first-order chi connectivity index (χ1) is 15.4.